The number of halogens is 2. The van der Waals surface area contributed by atoms with E-state index in [-0.39, 0.29) is 23.4 Å². The summed E-state index contributed by atoms with van der Waals surface area (Å²) in [6.45, 7) is 4.18. The molecule has 3 aromatic carbocycles. The zero-order valence-electron chi connectivity index (χ0n) is 24.3. The van der Waals surface area contributed by atoms with Crippen molar-refractivity contribution >= 4 is 34.0 Å². The molecule has 1 atom stereocenters. The molecule has 0 spiro atoms. The van der Waals surface area contributed by atoms with Crippen LogP contribution in [0.4, 0.5) is 26.0 Å². The summed E-state index contributed by atoms with van der Waals surface area (Å²) >= 11 is 0. The van der Waals surface area contributed by atoms with Crippen molar-refractivity contribution in [3.8, 4) is 17.2 Å². The van der Waals surface area contributed by atoms with Crippen LogP contribution in [0, 0.1) is 11.6 Å². The lowest BCUT2D eigenvalue weighted by atomic mass is 9.96. The Labute approximate surface area is 248 Å². The molecular formula is C32H33F2N5O4. The highest BCUT2D eigenvalue weighted by Gasteiger charge is 2.23. The quantitative estimate of drug-likeness (QED) is 0.196. The number of carbonyl (C=O) groups is 1. The van der Waals surface area contributed by atoms with Gasteiger partial charge in [-0.15, -0.1) is 0 Å². The molecule has 5 rings (SSSR count). The van der Waals surface area contributed by atoms with E-state index in [0.717, 1.165) is 25.5 Å². The number of nitrogens with zero attached hydrogens (tertiary/aromatic N) is 3. The highest BCUT2D eigenvalue weighted by molar-refractivity contribution is 6.03. The maximum atomic E-state index is 14.2. The first kappa shape index (κ1) is 29.9. The number of aromatic nitrogens is 2. The predicted molar refractivity (Wildman–Crippen MR) is 161 cm³/mol. The minimum absolute atomic E-state index is 0.200. The molecule has 1 aliphatic heterocycles. The Morgan fingerprint density at radius 2 is 1.93 bits per heavy atom. The van der Waals surface area contributed by atoms with Gasteiger partial charge >= 0.3 is 0 Å². The van der Waals surface area contributed by atoms with Crippen molar-refractivity contribution in [1.29, 1.82) is 0 Å². The first-order chi connectivity index (χ1) is 20.5. The molecule has 4 aromatic rings. The SMILES string of the molecule is COc1cc2ncnc(Nc3ccc(Oc4cccc(F)c4F)cc3C(C)(C)O)c2cc1NC(=O)/C=C/[C@H]1CCCN1C. The van der Waals surface area contributed by atoms with Crippen molar-refractivity contribution in [3.63, 3.8) is 0 Å². The van der Waals surface area contributed by atoms with E-state index in [9.17, 15) is 18.7 Å². The predicted octanol–water partition coefficient (Wildman–Crippen LogP) is 6.27. The fraction of sp³-hybridized carbons (Fsp3) is 0.281. The number of likely N-dealkylation sites (N-methyl/N-ethyl adjacent to an activating group) is 1. The Bertz CT molecular complexity index is 1690. The zero-order chi connectivity index (χ0) is 30.7. The van der Waals surface area contributed by atoms with Gasteiger partial charge in [-0.1, -0.05) is 12.1 Å². The molecule has 1 amide bonds. The van der Waals surface area contributed by atoms with E-state index >= 15 is 0 Å². The average molecular weight is 590 g/mol. The van der Waals surface area contributed by atoms with Crippen LogP contribution in [0.25, 0.3) is 10.9 Å². The topological polar surface area (TPSA) is 109 Å². The van der Waals surface area contributed by atoms with Crippen molar-refractivity contribution in [2.24, 2.45) is 0 Å². The second-order valence-electron chi connectivity index (χ2n) is 10.9. The van der Waals surface area contributed by atoms with Crippen molar-refractivity contribution in [2.45, 2.75) is 38.3 Å². The number of anilines is 3. The Hall–Kier alpha value is -4.61. The summed E-state index contributed by atoms with van der Waals surface area (Å²) in [5.41, 5.74) is 0.544. The number of rotatable bonds is 9. The van der Waals surface area contributed by atoms with Crippen LogP contribution in [0.5, 0.6) is 17.2 Å². The average Bonchev–Trinajstić information content (AvgIpc) is 3.39. The van der Waals surface area contributed by atoms with Gasteiger partial charge in [0.15, 0.2) is 11.6 Å². The molecule has 0 saturated carbocycles. The van der Waals surface area contributed by atoms with Gasteiger partial charge < -0.3 is 25.2 Å². The summed E-state index contributed by atoms with van der Waals surface area (Å²) < 4.78 is 39.0. The maximum absolute atomic E-state index is 14.2. The Morgan fingerprint density at radius 3 is 2.65 bits per heavy atom. The smallest absolute Gasteiger partial charge is 0.248 e. The maximum Gasteiger partial charge on any atom is 0.248 e. The first-order valence-electron chi connectivity index (χ1n) is 13.8. The number of hydrogen-bond donors (Lipinski definition) is 3. The fourth-order valence-corrected chi connectivity index (χ4v) is 5.02. The molecule has 224 valence electrons. The lowest BCUT2D eigenvalue weighted by molar-refractivity contribution is -0.112. The monoisotopic (exact) mass is 589 g/mol. The highest BCUT2D eigenvalue weighted by Crippen LogP contribution is 2.38. The summed E-state index contributed by atoms with van der Waals surface area (Å²) in [4.78, 5) is 23.8. The molecular weight excluding hydrogens is 556 g/mol. The molecule has 11 heteroatoms. The minimum atomic E-state index is -1.35. The number of fused-ring (bicyclic) bond motifs is 1. The zero-order valence-corrected chi connectivity index (χ0v) is 24.3. The second-order valence-corrected chi connectivity index (χ2v) is 10.9. The van der Waals surface area contributed by atoms with Crippen LogP contribution >= 0.6 is 0 Å². The van der Waals surface area contributed by atoms with E-state index < -0.39 is 17.2 Å². The number of benzene rings is 3. The van der Waals surface area contributed by atoms with Gasteiger partial charge in [-0.2, -0.15) is 4.39 Å². The lowest BCUT2D eigenvalue weighted by Crippen LogP contribution is -2.23. The molecule has 9 nitrogen and oxygen atoms in total. The fourth-order valence-electron chi connectivity index (χ4n) is 5.02. The van der Waals surface area contributed by atoms with E-state index in [1.807, 2.05) is 13.1 Å². The lowest BCUT2D eigenvalue weighted by Gasteiger charge is -2.23. The molecule has 0 unspecified atom stereocenters. The van der Waals surface area contributed by atoms with E-state index in [0.29, 0.717) is 39.4 Å². The summed E-state index contributed by atoms with van der Waals surface area (Å²) in [7, 11) is 3.55. The van der Waals surface area contributed by atoms with Crippen molar-refractivity contribution < 1.29 is 28.2 Å². The largest absolute Gasteiger partial charge is 0.494 e. The van der Waals surface area contributed by atoms with Crippen molar-refractivity contribution in [3.05, 3.63) is 84.2 Å². The Morgan fingerprint density at radius 1 is 1.12 bits per heavy atom. The van der Waals surface area contributed by atoms with E-state index in [1.54, 1.807) is 44.2 Å². The molecule has 3 N–H and O–H groups in total. The van der Waals surface area contributed by atoms with Gasteiger partial charge in [0.2, 0.25) is 11.7 Å². The van der Waals surface area contributed by atoms with Crippen LogP contribution in [0.1, 0.15) is 32.3 Å². The van der Waals surface area contributed by atoms with Gasteiger partial charge in [0.1, 0.15) is 23.6 Å². The standard InChI is InChI=1S/C32H33F2N5O4/c1-32(2,41)22-15-20(43-27-9-5-8-23(33)30(27)34)11-12-24(22)38-31-21-16-26(28(42-4)17-25(21)35-18-36-31)37-29(40)13-10-19-7-6-14-39(19)3/h5,8-13,15-19,41H,6-7,14H2,1-4H3,(H,37,40)(H,35,36,38)/b13-10+/t19-/m1/s1. The molecule has 1 fully saturated rings. The van der Waals surface area contributed by atoms with E-state index in [2.05, 4.69) is 25.5 Å². The summed E-state index contributed by atoms with van der Waals surface area (Å²) in [5.74, 6) is -1.68. The highest BCUT2D eigenvalue weighted by atomic mass is 19.2. The van der Waals surface area contributed by atoms with Crippen molar-refractivity contribution in [2.75, 3.05) is 31.3 Å². The number of methoxy groups -OCH3 is 1. The Balaban J connectivity index is 1.45. The number of carbonyl (C=O) groups excluding carboxylic acids is 1. The van der Waals surface area contributed by atoms with Gasteiger partial charge in [-0.05, 0) is 76.7 Å². The first-order valence-corrected chi connectivity index (χ1v) is 13.8. The van der Waals surface area contributed by atoms with Crippen LogP contribution in [-0.2, 0) is 10.4 Å². The summed E-state index contributed by atoms with van der Waals surface area (Å²) in [6.07, 6.45) is 6.92. The normalized spacial score (nSPS) is 15.7. The van der Waals surface area contributed by atoms with Gasteiger partial charge in [0.05, 0.1) is 23.9 Å². The van der Waals surface area contributed by atoms with Crippen LogP contribution in [0.15, 0.2) is 67.0 Å². The van der Waals surface area contributed by atoms with Crippen LogP contribution in [-0.4, -0.2) is 52.6 Å². The number of likely N-dealkylation sites (tertiary alicyclic amines) is 1. The number of amides is 1. The number of nitrogens with one attached hydrogen (secondary N) is 2. The molecule has 1 aliphatic rings. The summed E-state index contributed by atoms with van der Waals surface area (Å²) in [6, 6.07) is 12.1. The molecule has 0 aliphatic carbocycles. The molecule has 0 radical (unpaired) electrons. The second kappa shape index (κ2) is 12.3. The van der Waals surface area contributed by atoms with E-state index in [1.165, 1.54) is 31.6 Å². The van der Waals surface area contributed by atoms with Crippen molar-refractivity contribution in [1.82, 2.24) is 14.9 Å². The van der Waals surface area contributed by atoms with Gasteiger partial charge in [-0.25, -0.2) is 14.4 Å². The van der Waals surface area contributed by atoms with Crippen LogP contribution in [0.3, 0.4) is 0 Å². The Kier molecular flexibility index (Phi) is 8.56. The van der Waals surface area contributed by atoms with Crippen LogP contribution < -0.4 is 20.1 Å². The minimum Gasteiger partial charge on any atom is -0.494 e. The number of hydrogen-bond acceptors (Lipinski definition) is 8. The number of aliphatic hydroxyl groups is 1. The molecule has 2 heterocycles. The number of ether oxygens (including phenoxy) is 2. The third kappa shape index (κ3) is 6.73. The van der Waals surface area contributed by atoms with Gasteiger partial charge in [0, 0.05) is 34.8 Å². The molecule has 43 heavy (non-hydrogen) atoms. The third-order valence-electron chi connectivity index (χ3n) is 7.31. The van der Waals surface area contributed by atoms with Gasteiger partial charge in [0.25, 0.3) is 0 Å². The van der Waals surface area contributed by atoms with Gasteiger partial charge in [-0.3, -0.25) is 9.69 Å². The third-order valence-corrected chi connectivity index (χ3v) is 7.31. The van der Waals surface area contributed by atoms with E-state index in [4.69, 9.17) is 9.47 Å². The molecule has 1 aromatic heterocycles. The molecule has 1 saturated heterocycles. The van der Waals surface area contributed by atoms with Crippen LogP contribution in [0.2, 0.25) is 0 Å². The summed E-state index contributed by atoms with van der Waals surface area (Å²) in [5, 5.41) is 17.7. The molecule has 0 bridgehead atoms.